The fourth-order valence-electron chi connectivity index (χ4n) is 4.68. The van der Waals surface area contributed by atoms with E-state index in [0.717, 1.165) is 61.9 Å². The summed E-state index contributed by atoms with van der Waals surface area (Å²) in [6.45, 7) is 7.60. The molecule has 2 fully saturated rings. The number of aromatic nitrogens is 2. The Balaban J connectivity index is 1.18. The van der Waals surface area contributed by atoms with Gasteiger partial charge in [-0.05, 0) is 65.6 Å². The number of hydrogen-bond acceptors (Lipinski definition) is 6. The highest BCUT2D eigenvalue weighted by atomic mass is 35.5. The van der Waals surface area contributed by atoms with E-state index in [4.69, 9.17) is 16.2 Å². The van der Waals surface area contributed by atoms with Crippen LogP contribution in [0.5, 0.6) is 0 Å². The van der Waals surface area contributed by atoms with Crippen LogP contribution in [-0.4, -0.2) is 65.4 Å². The molecule has 2 aliphatic heterocycles. The van der Waals surface area contributed by atoms with Crippen LogP contribution in [0.15, 0.2) is 47.1 Å². The summed E-state index contributed by atoms with van der Waals surface area (Å²) in [5.74, 6) is 0. The number of benzene rings is 2. The van der Waals surface area contributed by atoms with Gasteiger partial charge in [0, 0.05) is 56.0 Å². The molecule has 0 amide bonds. The molecule has 0 spiro atoms. The van der Waals surface area contributed by atoms with Crippen LogP contribution in [0.25, 0.3) is 11.0 Å². The Morgan fingerprint density at radius 1 is 0.966 bits per heavy atom. The van der Waals surface area contributed by atoms with Gasteiger partial charge >= 0.3 is 0 Å². The Hall–Kier alpha value is -2.15. The number of rotatable bonds is 4. The average molecular weight is 412 g/mol. The number of nitrogens with zero attached hydrogens (tertiary/aromatic N) is 5. The zero-order valence-electron chi connectivity index (χ0n) is 16.5. The number of anilines is 1. The summed E-state index contributed by atoms with van der Waals surface area (Å²) in [4.78, 5) is 7.70. The van der Waals surface area contributed by atoms with Gasteiger partial charge in [-0.2, -0.15) is 0 Å². The summed E-state index contributed by atoms with van der Waals surface area (Å²) in [7, 11) is 0. The molecule has 1 aromatic heterocycles. The zero-order valence-corrected chi connectivity index (χ0v) is 17.3. The molecule has 0 radical (unpaired) electrons. The predicted molar refractivity (Wildman–Crippen MR) is 115 cm³/mol. The molecule has 3 heterocycles. The van der Waals surface area contributed by atoms with Gasteiger partial charge < -0.3 is 4.90 Å². The molecule has 0 N–H and O–H groups in total. The molecule has 29 heavy (non-hydrogen) atoms. The number of likely N-dealkylation sites (tertiary alicyclic amines) is 1. The predicted octanol–water partition coefficient (Wildman–Crippen LogP) is 3.66. The van der Waals surface area contributed by atoms with E-state index in [-0.39, 0.29) is 0 Å². The summed E-state index contributed by atoms with van der Waals surface area (Å²) < 4.78 is 4.82. The first-order valence-electron chi connectivity index (χ1n) is 10.4. The maximum atomic E-state index is 6.17. The standard InChI is InChI=1S/C22H26ClN5O/c23-18-3-1-4-19(14-18)27-9-11-28(12-10-27)20-5-2-8-26(16-20)15-17-6-7-21-22(13-17)25-29-24-21/h1,3-4,6-7,13-14,20H,2,5,8-12,15-16H2. The Kier molecular flexibility index (Phi) is 5.40. The average Bonchev–Trinajstić information content (AvgIpc) is 3.22. The largest absolute Gasteiger partial charge is 0.369 e. The Bertz CT molecular complexity index is 969. The van der Waals surface area contributed by atoms with Crippen molar-refractivity contribution in [3.8, 4) is 0 Å². The van der Waals surface area contributed by atoms with Gasteiger partial charge in [0.25, 0.3) is 0 Å². The maximum absolute atomic E-state index is 6.17. The first-order valence-corrected chi connectivity index (χ1v) is 10.8. The van der Waals surface area contributed by atoms with Gasteiger partial charge in [-0.25, -0.2) is 4.63 Å². The number of hydrogen-bond donors (Lipinski definition) is 0. The van der Waals surface area contributed by atoms with Crippen molar-refractivity contribution in [2.45, 2.75) is 25.4 Å². The number of piperidine rings is 1. The lowest BCUT2D eigenvalue weighted by Gasteiger charge is -2.44. The Morgan fingerprint density at radius 2 is 1.83 bits per heavy atom. The highest BCUT2D eigenvalue weighted by molar-refractivity contribution is 6.30. The first-order chi connectivity index (χ1) is 14.2. The van der Waals surface area contributed by atoms with Crippen molar-refractivity contribution in [2.24, 2.45) is 0 Å². The molecular weight excluding hydrogens is 386 g/mol. The summed E-state index contributed by atoms with van der Waals surface area (Å²) in [5, 5.41) is 8.68. The summed E-state index contributed by atoms with van der Waals surface area (Å²) in [6, 6.07) is 15.1. The van der Waals surface area contributed by atoms with E-state index in [9.17, 15) is 0 Å². The topological polar surface area (TPSA) is 48.6 Å². The Morgan fingerprint density at radius 3 is 2.69 bits per heavy atom. The molecule has 0 saturated carbocycles. The van der Waals surface area contributed by atoms with E-state index in [0.29, 0.717) is 6.04 Å². The van der Waals surface area contributed by atoms with Gasteiger partial charge in [0.05, 0.1) is 0 Å². The van der Waals surface area contributed by atoms with Crippen molar-refractivity contribution in [2.75, 3.05) is 44.2 Å². The molecule has 6 nitrogen and oxygen atoms in total. The van der Waals surface area contributed by atoms with E-state index >= 15 is 0 Å². The molecule has 0 aliphatic carbocycles. The summed E-state index contributed by atoms with van der Waals surface area (Å²) in [6.07, 6.45) is 2.55. The van der Waals surface area contributed by atoms with Crippen LogP contribution < -0.4 is 4.90 Å². The molecule has 1 unspecified atom stereocenters. The smallest absolute Gasteiger partial charge is 0.135 e. The molecule has 2 aromatic carbocycles. The second kappa shape index (κ2) is 8.30. The maximum Gasteiger partial charge on any atom is 0.135 e. The van der Waals surface area contributed by atoms with Gasteiger partial charge in [-0.15, -0.1) is 0 Å². The van der Waals surface area contributed by atoms with Crippen molar-refractivity contribution in [1.29, 1.82) is 0 Å². The van der Waals surface area contributed by atoms with Gasteiger partial charge in [0.1, 0.15) is 11.0 Å². The molecule has 152 valence electrons. The third-order valence-corrected chi connectivity index (χ3v) is 6.44. The molecule has 3 aromatic rings. The van der Waals surface area contributed by atoms with Crippen LogP contribution in [0.2, 0.25) is 5.02 Å². The van der Waals surface area contributed by atoms with Gasteiger partial charge in [0.15, 0.2) is 0 Å². The van der Waals surface area contributed by atoms with E-state index in [2.05, 4.69) is 49.3 Å². The normalized spacial score (nSPS) is 21.7. The zero-order chi connectivity index (χ0) is 19.6. The molecule has 0 bridgehead atoms. The third kappa shape index (κ3) is 4.25. The van der Waals surface area contributed by atoms with Crippen LogP contribution in [0.1, 0.15) is 18.4 Å². The van der Waals surface area contributed by atoms with Crippen LogP contribution in [0.3, 0.4) is 0 Å². The molecule has 2 saturated heterocycles. The fraction of sp³-hybridized carbons (Fsp3) is 0.455. The number of halogens is 1. The number of piperazine rings is 1. The minimum atomic E-state index is 0.641. The van der Waals surface area contributed by atoms with Crippen LogP contribution in [-0.2, 0) is 6.54 Å². The van der Waals surface area contributed by atoms with E-state index in [1.807, 2.05) is 18.2 Å². The highest BCUT2D eigenvalue weighted by Gasteiger charge is 2.28. The summed E-state index contributed by atoms with van der Waals surface area (Å²) >= 11 is 6.17. The van der Waals surface area contributed by atoms with E-state index in [1.165, 1.54) is 24.1 Å². The molecule has 7 heteroatoms. The van der Waals surface area contributed by atoms with Gasteiger partial charge in [-0.1, -0.05) is 23.7 Å². The number of fused-ring (bicyclic) bond motifs is 1. The van der Waals surface area contributed by atoms with Gasteiger partial charge in [0.2, 0.25) is 0 Å². The molecule has 2 aliphatic rings. The lowest BCUT2D eigenvalue weighted by molar-refractivity contribution is 0.0888. The minimum absolute atomic E-state index is 0.641. The van der Waals surface area contributed by atoms with Crippen molar-refractivity contribution in [3.63, 3.8) is 0 Å². The highest BCUT2D eigenvalue weighted by Crippen LogP contribution is 2.24. The van der Waals surface area contributed by atoms with E-state index in [1.54, 1.807) is 0 Å². The van der Waals surface area contributed by atoms with Crippen molar-refractivity contribution in [1.82, 2.24) is 20.1 Å². The minimum Gasteiger partial charge on any atom is -0.369 e. The molecule has 1 atom stereocenters. The van der Waals surface area contributed by atoms with Crippen molar-refractivity contribution in [3.05, 3.63) is 53.1 Å². The lowest BCUT2D eigenvalue weighted by atomic mass is 10.0. The second-order valence-corrected chi connectivity index (χ2v) is 8.56. The quantitative estimate of drug-likeness (QED) is 0.653. The molecule has 5 rings (SSSR count). The first kappa shape index (κ1) is 18.9. The fourth-order valence-corrected chi connectivity index (χ4v) is 4.86. The van der Waals surface area contributed by atoms with Crippen molar-refractivity contribution >= 4 is 28.3 Å². The van der Waals surface area contributed by atoms with Crippen LogP contribution in [0.4, 0.5) is 5.69 Å². The molecular formula is C22H26ClN5O. The SMILES string of the molecule is Clc1cccc(N2CCN(C3CCCN(Cc4ccc5nonc5c4)C3)CC2)c1. The van der Waals surface area contributed by atoms with Crippen molar-refractivity contribution < 1.29 is 4.63 Å². The second-order valence-electron chi connectivity index (χ2n) is 8.12. The summed E-state index contributed by atoms with van der Waals surface area (Å²) in [5.41, 5.74) is 4.18. The Labute approximate surface area is 176 Å². The van der Waals surface area contributed by atoms with E-state index < -0.39 is 0 Å². The monoisotopic (exact) mass is 411 g/mol. The van der Waals surface area contributed by atoms with Crippen LogP contribution >= 0.6 is 11.6 Å². The lowest BCUT2D eigenvalue weighted by Crippen LogP contribution is -2.55. The third-order valence-electron chi connectivity index (χ3n) is 6.21. The van der Waals surface area contributed by atoms with Gasteiger partial charge in [-0.3, -0.25) is 9.80 Å². The van der Waals surface area contributed by atoms with Crippen LogP contribution in [0, 0.1) is 0 Å².